The molecule has 2 heterocycles. The summed E-state index contributed by atoms with van der Waals surface area (Å²) in [5.41, 5.74) is 4.97. The number of nitro groups is 1. The molecule has 21 heavy (non-hydrogen) atoms. The molecule has 0 spiro atoms. The van der Waals surface area contributed by atoms with Crippen molar-refractivity contribution in [1.29, 1.82) is 0 Å². The van der Waals surface area contributed by atoms with Gasteiger partial charge in [-0.2, -0.15) is 0 Å². The fourth-order valence-corrected chi connectivity index (χ4v) is 2.65. The van der Waals surface area contributed by atoms with Crippen LogP contribution in [0.3, 0.4) is 0 Å². The van der Waals surface area contributed by atoms with E-state index in [1.165, 1.54) is 0 Å². The zero-order valence-electron chi connectivity index (χ0n) is 11.8. The summed E-state index contributed by atoms with van der Waals surface area (Å²) in [7, 11) is 0. The number of pyridine rings is 1. The van der Waals surface area contributed by atoms with E-state index in [4.69, 9.17) is 5.73 Å². The first kappa shape index (κ1) is 15.2. The van der Waals surface area contributed by atoms with Crippen molar-refractivity contribution in [1.82, 2.24) is 9.47 Å². The van der Waals surface area contributed by atoms with E-state index in [9.17, 15) is 19.7 Å². The highest BCUT2D eigenvalue weighted by Crippen LogP contribution is 2.22. The van der Waals surface area contributed by atoms with Crippen LogP contribution in [0.4, 0.5) is 5.69 Å². The maximum absolute atomic E-state index is 12.3. The first-order chi connectivity index (χ1) is 9.92. The number of carbonyl (C=O) groups is 1. The minimum Gasteiger partial charge on any atom is -0.338 e. The first-order valence-electron chi connectivity index (χ1n) is 6.76. The van der Waals surface area contributed by atoms with Crippen molar-refractivity contribution in [2.45, 2.75) is 25.9 Å². The van der Waals surface area contributed by atoms with Crippen LogP contribution in [-0.2, 0) is 11.3 Å². The molecule has 1 aliphatic rings. The van der Waals surface area contributed by atoms with Gasteiger partial charge >= 0.3 is 0 Å². The molecule has 2 rings (SSSR count). The first-order valence-corrected chi connectivity index (χ1v) is 6.76. The van der Waals surface area contributed by atoms with Crippen molar-refractivity contribution in [2.75, 3.05) is 13.1 Å². The minimum absolute atomic E-state index is 0.0699. The Morgan fingerprint density at radius 2 is 2.24 bits per heavy atom. The van der Waals surface area contributed by atoms with E-state index in [1.54, 1.807) is 4.90 Å². The van der Waals surface area contributed by atoms with Gasteiger partial charge in [-0.25, -0.2) is 0 Å². The van der Waals surface area contributed by atoms with Crippen molar-refractivity contribution in [3.63, 3.8) is 0 Å². The maximum atomic E-state index is 12.3. The molecule has 0 bridgehead atoms. The third kappa shape index (κ3) is 3.27. The van der Waals surface area contributed by atoms with Gasteiger partial charge in [0.15, 0.2) is 0 Å². The Labute approximate surface area is 121 Å². The Morgan fingerprint density at radius 1 is 1.52 bits per heavy atom. The zero-order valence-corrected chi connectivity index (χ0v) is 11.8. The lowest BCUT2D eigenvalue weighted by Gasteiger charge is -2.21. The Hall–Kier alpha value is -2.22. The highest BCUT2D eigenvalue weighted by Gasteiger charge is 2.31. The molecule has 2 atom stereocenters. The molecular weight excluding hydrogens is 276 g/mol. The van der Waals surface area contributed by atoms with E-state index in [-0.39, 0.29) is 30.1 Å². The Morgan fingerprint density at radius 3 is 2.81 bits per heavy atom. The average Bonchev–Trinajstić information content (AvgIpc) is 2.82. The highest BCUT2D eigenvalue weighted by atomic mass is 16.6. The van der Waals surface area contributed by atoms with E-state index in [0.29, 0.717) is 13.1 Å². The summed E-state index contributed by atoms with van der Waals surface area (Å²) in [4.78, 5) is 35.8. The van der Waals surface area contributed by atoms with Crippen LogP contribution >= 0.6 is 0 Å². The summed E-state index contributed by atoms with van der Waals surface area (Å²) in [6.07, 6.45) is 1.94. The number of amides is 1. The molecule has 114 valence electrons. The summed E-state index contributed by atoms with van der Waals surface area (Å²) in [6.45, 7) is 2.83. The van der Waals surface area contributed by atoms with Crippen molar-refractivity contribution in [3.05, 3.63) is 38.8 Å². The predicted molar refractivity (Wildman–Crippen MR) is 75.7 cm³/mol. The van der Waals surface area contributed by atoms with Crippen molar-refractivity contribution in [3.8, 4) is 0 Å². The Kier molecular flexibility index (Phi) is 4.37. The number of carbonyl (C=O) groups excluding carboxylic acids is 1. The van der Waals surface area contributed by atoms with Crippen LogP contribution in [0.15, 0.2) is 23.1 Å². The third-order valence-electron chi connectivity index (χ3n) is 3.80. The molecule has 0 aliphatic carbocycles. The molecule has 1 fully saturated rings. The predicted octanol–water partition coefficient (Wildman–Crippen LogP) is -0.0478. The maximum Gasteiger partial charge on any atom is 0.285 e. The van der Waals surface area contributed by atoms with E-state index in [2.05, 4.69) is 0 Å². The van der Waals surface area contributed by atoms with Crippen molar-refractivity contribution in [2.24, 2.45) is 11.7 Å². The molecule has 1 amide bonds. The van der Waals surface area contributed by atoms with Crippen LogP contribution in [0.2, 0.25) is 0 Å². The second-order valence-electron chi connectivity index (χ2n) is 5.34. The van der Waals surface area contributed by atoms with Crippen LogP contribution in [0.5, 0.6) is 0 Å². The third-order valence-corrected chi connectivity index (χ3v) is 3.80. The minimum atomic E-state index is -0.594. The smallest absolute Gasteiger partial charge is 0.285 e. The molecule has 1 aromatic heterocycles. The van der Waals surface area contributed by atoms with Crippen molar-refractivity contribution < 1.29 is 9.72 Å². The molecule has 0 aromatic carbocycles. The molecule has 2 N–H and O–H groups in total. The standard InChI is InChI=1S/C13H18N4O4/c1-9-4-10(5-14)6-16(9)13(19)8-15-7-11(17(20)21)2-3-12(15)18/h2-3,7,9-10H,4-6,8,14H2,1H3. The van der Waals surface area contributed by atoms with Gasteiger partial charge in [-0.3, -0.25) is 24.3 Å². The summed E-state index contributed by atoms with van der Waals surface area (Å²) in [5.74, 6) is 0.0480. The Bertz CT molecular complexity index is 612. The van der Waals surface area contributed by atoms with E-state index in [0.717, 1.165) is 29.3 Å². The van der Waals surface area contributed by atoms with E-state index < -0.39 is 10.5 Å². The quantitative estimate of drug-likeness (QED) is 0.618. The Balaban J connectivity index is 2.15. The molecule has 2 unspecified atom stereocenters. The number of rotatable bonds is 4. The lowest BCUT2D eigenvalue weighted by Crippen LogP contribution is -2.38. The van der Waals surface area contributed by atoms with Crippen LogP contribution in [0.1, 0.15) is 13.3 Å². The van der Waals surface area contributed by atoms with Gasteiger partial charge in [0.2, 0.25) is 5.91 Å². The van der Waals surface area contributed by atoms with Gasteiger partial charge in [-0.05, 0) is 25.8 Å². The van der Waals surface area contributed by atoms with Gasteiger partial charge in [0, 0.05) is 24.7 Å². The molecule has 0 saturated carbocycles. The molecular formula is C13H18N4O4. The molecule has 8 nitrogen and oxygen atoms in total. The number of likely N-dealkylation sites (tertiary alicyclic amines) is 1. The monoisotopic (exact) mass is 294 g/mol. The van der Waals surface area contributed by atoms with Crippen LogP contribution in [-0.4, -0.2) is 39.4 Å². The molecule has 0 radical (unpaired) electrons. The van der Waals surface area contributed by atoms with Crippen molar-refractivity contribution >= 4 is 11.6 Å². The summed E-state index contributed by atoms with van der Waals surface area (Å²) >= 11 is 0. The molecule has 1 saturated heterocycles. The SMILES string of the molecule is CC1CC(CN)CN1C(=O)Cn1cc([N+](=O)[O-])ccc1=O. The number of hydrogen-bond donors (Lipinski definition) is 1. The molecule has 1 aliphatic heterocycles. The number of nitrogens with zero attached hydrogens (tertiary/aromatic N) is 3. The van der Waals surface area contributed by atoms with E-state index in [1.807, 2.05) is 6.92 Å². The number of hydrogen-bond acceptors (Lipinski definition) is 5. The average molecular weight is 294 g/mol. The number of nitrogens with two attached hydrogens (primary N) is 1. The van der Waals surface area contributed by atoms with Gasteiger partial charge in [-0.1, -0.05) is 0 Å². The zero-order chi connectivity index (χ0) is 15.6. The van der Waals surface area contributed by atoms with Gasteiger partial charge in [-0.15, -0.1) is 0 Å². The molecule has 8 heteroatoms. The lowest BCUT2D eigenvalue weighted by atomic mass is 10.1. The van der Waals surface area contributed by atoms with E-state index >= 15 is 0 Å². The topological polar surface area (TPSA) is 111 Å². The van der Waals surface area contributed by atoms with Crippen LogP contribution in [0, 0.1) is 16.0 Å². The van der Waals surface area contributed by atoms with Crippen LogP contribution in [0.25, 0.3) is 0 Å². The van der Waals surface area contributed by atoms with Gasteiger partial charge in [0.1, 0.15) is 6.54 Å². The fourth-order valence-electron chi connectivity index (χ4n) is 2.65. The van der Waals surface area contributed by atoms with Crippen LogP contribution < -0.4 is 11.3 Å². The largest absolute Gasteiger partial charge is 0.338 e. The van der Waals surface area contributed by atoms with Gasteiger partial charge < -0.3 is 10.6 Å². The van der Waals surface area contributed by atoms with Gasteiger partial charge in [0.05, 0.1) is 11.1 Å². The highest BCUT2D eigenvalue weighted by molar-refractivity contribution is 5.76. The normalized spacial score (nSPS) is 21.5. The second kappa shape index (κ2) is 6.04. The fraction of sp³-hybridized carbons (Fsp3) is 0.538. The van der Waals surface area contributed by atoms with Gasteiger partial charge in [0.25, 0.3) is 11.2 Å². The summed E-state index contributed by atoms with van der Waals surface area (Å²) in [5, 5.41) is 10.7. The lowest BCUT2D eigenvalue weighted by molar-refractivity contribution is -0.385. The number of aromatic nitrogens is 1. The summed E-state index contributed by atoms with van der Waals surface area (Å²) < 4.78 is 1.07. The summed E-state index contributed by atoms with van der Waals surface area (Å²) in [6, 6.07) is 2.30. The molecule has 1 aromatic rings. The second-order valence-corrected chi connectivity index (χ2v) is 5.34.